The molecule has 0 saturated carbocycles. The number of thioether (sulfide) groups is 1. The van der Waals surface area contributed by atoms with Crippen molar-refractivity contribution in [2.75, 3.05) is 17.2 Å². The van der Waals surface area contributed by atoms with Crippen LogP contribution in [0.15, 0.2) is 40.4 Å². The molecule has 0 aliphatic carbocycles. The maximum absolute atomic E-state index is 13.1. The summed E-state index contributed by atoms with van der Waals surface area (Å²) < 4.78 is 1.62. The van der Waals surface area contributed by atoms with Gasteiger partial charge in [0.05, 0.1) is 5.92 Å². The van der Waals surface area contributed by atoms with Crippen molar-refractivity contribution in [3.63, 3.8) is 0 Å². The zero-order valence-electron chi connectivity index (χ0n) is 13.6. The number of benzene rings is 1. The molecule has 1 amide bonds. The Labute approximate surface area is 144 Å². The summed E-state index contributed by atoms with van der Waals surface area (Å²) in [6.07, 6.45) is 3.54. The lowest BCUT2D eigenvalue weighted by molar-refractivity contribution is -0.122. The third kappa shape index (κ3) is 2.65. The lowest BCUT2D eigenvalue weighted by Gasteiger charge is -2.34. The van der Waals surface area contributed by atoms with E-state index in [0.29, 0.717) is 17.5 Å². The van der Waals surface area contributed by atoms with Crippen molar-refractivity contribution in [2.45, 2.75) is 31.5 Å². The first-order valence-electron chi connectivity index (χ1n) is 8.23. The van der Waals surface area contributed by atoms with Crippen LogP contribution in [0.1, 0.15) is 17.5 Å². The Kier molecular flexibility index (Phi) is 3.92. The Hall–Kier alpha value is -2.08. The monoisotopic (exact) mass is 341 g/mol. The second kappa shape index (κ2) is 6.09. The highest BCUT2D eigenvalue weighted by Gasteiger charge is 2.32. The van der Waals surface area contributed by atoms with Crippen molar-refractivity contribution in [1.82, 2.24) is 9.55 Å². The maximum atomic E-state index is 13.1. The minimum Gasteiger partial charge on any atom is -0.312 e. The van der Waals surface area contributed by atoms with Gasteiger partial charge in [0.2, 0.25) is 5.91 Å². The molecule has 2 aliphatic heterocycles. The standard InChI is InChI=1S/C18H19N3O2S/c1-12-4-5-15-13(9-12)3-2-8-20(15)17(23)14-10-21-16(22)6-7-19-18(21)24-11-14/h4-7,9,14H,2-3,8,10-11H2,1H3. The molecule has 1 unspecified atom stereocenters. The minimum atomic E-state index is -0.184. The molecule has 0 fully saturated rings. The van der Waals surface area contributed by atoms with Gasteiger partial charge in [-0.05, 0) is 31.4 Å². The first-order valence-corrected chi connectivity index (χ1v) is 9.21. The molecule has 0 N–H and O–H groups in total. The summed E-state index contributed by atoms with van der Waals surface area (Å²) in [4.78, 5) is 31.3. The number of aryl methyl sites for hydroxylation is 2. The van der Waals surface area contributed by atoms with Gasteiger partial charge >= 0.3 is 0 Å². The van der Waals surface area contributed by atoms with Crippen molar-refractivity contribution in [1.29, 1.82) is 0 Å². The molecule has 0 bridgehead atoms. The van der Waals surface area contributed by atoms with Crippen LogP contribution in [0.2, 0.25) is 0 Å². The maximum Gasteiger partial charge on any atom is 0.254 e. The Balaban J connectivity index is 1.62. The van der Waals surface area contributed by atoms with Gasteiger partial charge < -0.3 is 4.90 Å². The number of rotatable bonds is 1. The average molecular weight is 341 g/mol. The molecular weight excluding hydrogens is 322 g/mol. The third-order valence-corrected chi connectivity index (χ3v) is 5.84. The van der Waals surface area contributed by atoms with Gasteiger partial charge in [0.15, 0.2) is 5.16 Å². The number of hydrogen-bond donors (Lipinski definition) is 0. The molecule has 2 aliphatic rings. The first kappa shape index (κ1) is 15.4. The number of carbonyl (C=O) groups excluding carboxylic acids is 1. The van der Waals surface area contributed by atoms with E-state index in [1.165, 1.54) is 35.2 Å². The molecule has 124 valence electrons. The molecular formula is C18H19N3O2S. The number of fused-ring (bicyclic) bond motifs is 2. The fraction of sp³-hybridized carbons (Fsp3) is 0.389. The summed E-state index contributed by atoms with van der Waals surface area (Å²) in [5.41, 5.74) is 3.42. The fourth-order valence-corrected chi connectivity index (χ4v) is 4.53. The van der Waals surface area contributed by atoms with Gasteiger partial charge in [-0.1, -0.05) is 29.5 Å². The molecule has 0 radical (unpaired) electrons. The van der Waals surface area contributed by atoms with E-state index in [2.05, 4.69) is 30.1 Å². The summed E-state index contributed by atoms with van der Waals surface area (Å²) in [5, 5.41) is 0.709. The molecule has 1 aromatic heterocycles. The highest BCUT2D eigenvalue weighted by atomic mass is 32.2. The van der Waals surface area contributed by atoms with Crippen molar-refractivity contribution >= 4 is 23.4 Å². The van der Waals surface area contributed by atoms with Crippen LogP contribution in [0.5, 0.6) is 0 Å². The third-order valence-electron chi connectivity index (χ3n) is 4.68. The Bertz CT molecular complexity index is 862. The van der Waals surface area contributed by atoms with E-state index in [9.17, 15) is 9.59 Å². The predicted molar refractivity (Wildman–Crippen MR) is 94.6 cm³/mol. The molecule has 0 saturated heterocycles. The topological polar surface area (TPSA) is 55.2 Å². The van der Waals surface area contributed by atoms with E-state index in [-0.39, 0.29) is 17.4 Å². The van der Waals surface area contributed by atoms with Gasteiger partial charge in [0.25, 0.3) is 5.56 Å². The number of aromatic nitrogens is 2. The van der Waals surface area contributed by atoms with Gasteiger partial charge in [0.1, 0.15) is 0 Å². The van der Waals surface area contributed by atoms with Crippen LogP contribution < -0.4 is 10.5 Å². The van der Waals surface area contributed by atoms with E-state index in [4.69, 9.17) is 0 Å². The second-order valence-corrected chi connectivity index (χ2v) is 7.40. The molecule has 0 spiro atoms. The number of amides is 1. The van der Waals surface area contributed by atoms with Crippen molar-refractivity contribution in [3.05, 3.63) is 51.9 Å². The molecule has 1 aromatic carbocycles. The van der Waals surface area contributed by atoms with E-state index in [1.54, 1.807) is 4.57 Å². The van der Waals surface area contributed by atoms with Crippen LogP contribution in [-0.2, 0) is 17.8 Å². The van der Waals surface area contributed by atoms with Gasteiger partial charge in [0, 0.05) is 36.8 Å². The minimum absolute atomic E-state index is 0.0836. The highest BCUT2D eigenvalue weighted by molar-refractivity contribution is 7.99. The van der Waals surface area contributed by atoms with Crippen LogP contribution in [0, 0.1) is 12.8 Å². The van der Waals surface area contributed by atoms with Crippen molar-refractivity contribution in [3.8, 4) is 0 Å². The molecule has 2 aromatic rings. The van der Waals surface area contributed by atoms with Crippen molar-refractivity contribution in [2.24, 2.45) is 5.92 Å². The van der Waals surface area contributed by atoms with E-state index < -0.39 is 0 Å². The van der Waals surface area contributed by atoms with Crippen LogP contribution in [0.3, 0.4) is 0 Å². The van der Waals surface area contributed by atoms with Gasteiger partial charge in [-0.25, -0.2) is 4.98 Å². The normalized spacial score (nSPS) is 19.5. The highest BCUT2D eigenvalue weighted by Crippen LogP contribution is 2.32. The quantitative estimate of drug-likeness (QED) is 0.747. The molecule has 3 heterocycles. The summed E-state index contributed by atoms with van der Waals surface area (Å²) in [6, 6.07) is 7.74. The zero-order chi connectivity index (χ0) is 16.7. The summed E-state index contributed by atoms with van der Waals surface area (Å²) in [6.45, 7) is 3.26. The lowest BCUT2D eigenvalue weighted by Crippen LogP contribution is -2.44. The molecule has 5 nitrogen and oxygen atoms in total. The largest absolute Gasteiger partial charge is 0.312 e. The fourth-order valence-electron chi connectivity index (χ4n) is 3.47. The summed E-state index contributed by atoms with van der Waals surface area (Å²) in [5.74, 6) is 0.609. The van der Waals surface area contributed by atoms with Crippen LogP contribution in [-0.4, -0.2) is 27.8 Å². The Morgan fingerprint density at radius 2 is 2.21 bits per heavy atom. The van der Waals surface area contributed by atoms with Crippen LogP contribution >= 0.6 is 11.8 Å². The Morgan fingerprint density at radius 1 is 1.33 bits per heavy atom. The van der Waals surface area contributed by atoms with Crippen LogP contribution in [0.25, 0.3) is 0 Å². The SMILES string of the molecule is Cc1ccc2c(c1)CCCN2C(=O)C1CSc2nccc(=O)n2C1. The average Bonchev–Trinajstić information content (AvgIpc) is 2.60. The predicted octanol–water partition coefficient (Wildman–Crippen LogP) is 2.25. The van der Waals surface area contributed by atoms with E-state index in [1.807, 2.05) is 4.90 Å². The van der Waals surface area contributed by atoms with Crippen molar-refractivity contribution < 1.29 is 4.79 Å². The molecule has 1 atom stereocenters. The number of hydrogen-bond acceptors (Lipinski definition) is 4. The second-order valence-electron chi connectivity index (χ2n) is 6.41. The molecule has 4 rings (SSSR count). The smallest absolute Gasteiger partial charge is 0.254 e. The Morgan fingerprint density at radius 3 is 3.08 bits per heavy atom. The van der Waals surface area contributed by atoms with E-state index >= 15 is 0 Å². The number of carbonyl (C=O) groups is 1. The van der Waals surface area contributed by atoms with Gasteiger partial charge in [-0.15, -0.1) is 0 Å². The lowest BCUT2D eigenvalue weighted by atomic mass is 9.98. The number of anilines is 1. The molecule has 6 heteroatoms. The van der Waals surface area contributed by atoms with Gasteiger partial charge in [-0.2, -0.15) is 0 Å². The zero-order valence-corrected chi connectivity index (χ0v) is 14.4. The summed E-state index contributed by atoms with van der Waals surface area (Å²) >= 11 is 1.49. The van der Waals surface area contributed by atoms with E-state index in [0.717, 1.165) is 25.1 Å². The van der Waals surface area contributed by atoms with Gasteiger partial charge in [-0.3, -0.25) is 14.2 Å². The molecule has 24 heavy (non-hydrogen) atoms. The number of nitrogens with zero attached hydrogens (tertiary/aromatic N) is 3. The van der Waals surface area contributed by atoms with Crippen LogP contribution in [0.4, 0.5) is 5.69 Å². The first-order chi connectivity index (χ1) is 11.6. The summed E-state index contributed by atoms with van der Waals surface area (Å²) in [7, 11) is 0.